The third kappa shape index (κ3) is 4.96. The van der Waals surface area contributed by atoms with Gasteiger partial charge in [0.25, 0.3) is 0 Å². The molecule has 94 valence electrons. The van der Waals surface area contributed by atoms with Crippen LogP contribution < -0.4 is 10.1 Å². The number of ether oxygens (including phenoxy) is 1. The number of rotatable bonds is 5. The van der Waals surface area contributed by atoms with E-state index in [2.05, 4.69) is 21.2 Å². The van der Waals surface area contributed by atoms with Crippen molar-refractivity contribution >= 4 is 33.4 Å². The molecule has 1 rings (SSSR count). The maximum absolute atomic E-state index is 11.0. The highest BCUT2D eigenvalue weighted by Crippen LogP contribution is 2.21. The molecule has 0 aromatic heterocycles. The number of aryl methyl sites for hydroxylation is 1. The van der Waals surface area contributed by atoms with Gasteiger partial charge in [-0.2, -0.15) is 0 Å². The van der Waals surface area contributed by atoms with Crippen molar-refractivity contribution in [1.82, 2.24) is 5.32 Å². The van der Waals surface area contributed by atoms with Gasteiger partial charge in [0.2, 0.25) is 5.91 Å². The van der Waals surface area contributed by atoms with Gasteiger partial charge in [-0.25, -0.2) is 0 Å². The summed E-state index contributed by atoms with van der Waals surface area (Å²) in [5.41, 5.74) is 0.973. The van der Waals surface area contributed by atoms with Crippen molar-refractivity contribution in [3.05, 3.63) is 28.8 Å². The molecule has 1 unspecified atom stereocenters. The van der Waals surface area contributed by atoms with Gasteiger partial charge in [-0.15, -0.1) is 0 Å². The normalized spacial score (nSPS) is 12.0. The fraction of sp³-hybridized carbons (Fsp3) is 0.417. The van der Waals surface area contributed by atoms with Crippen LogP contribution in [0.1, 0.15) is 12.5 Å². The van der Waals surface area contributed by atoms with E-state index in [0.29, 0.717) is 11.9 Å². The van der Waals surface area contributed by atoms with E-state index in [1.165, 1.54) is 0 Å². The molecule has 5 heteroatoms. The molecule has 17 heavy (non-hydrogen) atoms. The summed E-state index contributed by atoms with van der Waals surface area (Å²) in [5.74, 6) is 0.709. The molecular weight excluding hydrogens is 305 g/mol. The van der Waals surface area contributed by atoms with Gasteiger partial charge >= 0.3 is 0 Å². The van der Waals surface area contributed by atoms with E-state index in [4.69, 9.17) is 16.3 Å². The zero-order valence-electron chi connectivity index (χ0n) is 9.80. The average molecular weight is 321 g/mol. The number of amides is 1. The Morgan fingerprint density at radius 3 is 2.88 bits per heavy atom. The number of hydrogen-bond donors (Lipinski definition) is 1. The van der Waals surface area contributed by atoms with Gasteiger partial charge in [0.1, 0.15) is 11.9 Å². The van der Waals surface area contributed by atoms with Crippen molar-refractivity contribution in [2.24, 2.45) is 0 Å². The molecule has 0 aliphatic rings. The first kappa shape index (κ1) is 14.3. The topological polar surface area (TPSA) is 38.3 Å². The van der Waals surface area contributed by atoms with Crippen molar-refractivity contribution in [2.45, 2.75) is 20.0 Å². The van der Waals surface area contributed by atoms with Crippen LogP contribution in [-0.4, -0.2) is 23.9 Å². The third-order valence-electron chi connectivity index (χ3n) is 2.17. The van der Waals surface area contributed by atoms with Crippen molar-refractivity contribution < 1.29 is 9.53 Å². The number of carbonyl (C=O) groups excluding carboxylic acids is 1. The summed E-state index contributed by atoms with van der Waals surface area (Å²) in [6, 6.07) is 5.50. The molecule has 0 saturated heterocycles. The smallest absolute Gasteiger partial charge is 0.230 e. The van der Waals surface area contributed by atoms with E-state index >= 15 is 0 Å². The number of alkyl halides is 1. The molecule has 0 radical (unpaired) electrons. The number of halogens is 2. The second-order valence-electron chi connectivity index (χ2n) is 3.78. The van der Waals surface area contributed by atoms with Crippen LogP contribution in [0.25, 0.3) is 0 Å². The minimum absolute atomic E-state index is 0.0484. The lowest BCUT2D eigenvalue weighted by atomic mass is 10.2. The zero-order valence-corrected chi connectivity index (χ0v) is 12.1. The van der Waals surface area contributed by atoms with Crippen molar-refractivity contribution in [1.29, 1.82) is 0 Å². The Balaban J connectivity index is 2.47. The summed E-state index contributed by atoms with van der Waals surface area (Å²) < 4.78 is 5.66. The van der Waals surface area contributed by atoms with E-state index in [-0.39, 0.29) is 12.0 Å². The Morgan fingerprint density at radius 2 is 2.29 bits per heavy atom. The minimum atomic E-state index is -0.0847. The highest BCUT2D eigenvalue weighted by atomic mass is 79.9. The molecule has 0 spiro atoms. The molecule has 0 bridgehead atoms. The molecule has 1 amide bonds. The van der Waals surface area contributed by atoms with E-state index in [0.717, 1.165) is 16.3 Å². The SMILES string of the molecule is Cc1cc(OC(C)CNC(=O)CBr)ccc1Cl. The van der Waals surface area contributed by atoms with E-state index in [9.17, 15) is 4.79 Å². The van der Waals surface area contributed by atoms with Crippen LogP contribution in [0.15, 0.2) is 18.2 Å². The number of benzene rings is 1. The summed E-state index contributed by atoms with van der Waals surface area (Å²) in [7, 11) is 0. The van der Waals surface area contributed by atoms with Crippen LogP contribution in [0.4, 0.5) is 0 Å². The molecule has 3 nitrogen and oxygen atoms in total. The Hall–Kier alpha value is -0.740. The predicted octanol–water partition coefficient (Wildman–Crippen LogP) is 2.93. The van der Waals surface area contributed by atoms with Crippen LogP contribution in [0.2, 0.25) is 5.02 Å². The molecule has 0 aliphatic carbocycles. The van der Waals surface area contributed by atoms with Crippen molar-refractivity contribution in [3.63, 3.8) is 0 Å². The molecule has 0 aliphatic heterocycles. The summed E-state index contributed by atoms with van der Waals surface area (Å²) >= 11 is 9.00. The monoisotopic (exact) mass is 319 g/mol. The van der Waals surface area contributed by atoms with Crippen LogP contribution in [0.3, 0.4) is 0 Å². The number of carbonyl (C=O) groups is 1. The molecule has 1 atom stereocenters. The highest BCUT2D eigenvalue weighted by Gasteiger charge is 2.07. The largest absolute Gasteiger partial charge is 0.489 e. The zero-order chi connectivity index (χ0) is 12.8. The van der Waals surface area contributed by atoms with Gasteiger partial charge < -0.3 is 10.1 Å². The first-order valence-corrected chi connectivity index (χ1v) is 6.78. The van der Waals surface area contributed by atoms with Gasteiger partial charge in [-0.1, -0.05) is 27.5 Å². The van der Waals surface area contributed by atoms with Crippen LogP contribution in [0.5, 0.6) is 5.75 Å². The molecule has 0 saturated carbocycles. The molecular formula is C12H15BrClNO2. The quantitative estimate of drug-likeness (QED) is 0.847. The molecule has 1 N–H and O–H groups in total. The second-order valence-corrected chi connectivity index (χ2v) is 4.75. The predicted molar refractivity (Wildman–Crippen MR) is 73.1 cm³/mol. The van der Waals surface area contributed by atoms with Crippen LogP contribution in [0, 0.1) is 6.92 Å². The fourth-order valence-corrected chi connectivity index (χ4v) is 1.59. The third-order valence-corrected chi connectivity index (χ3v) is 3.11. The number of hydrogen-bond acceptors (Lipinski definition) is 2. The van der Waals surface area contributed by atoms with Crippen LogP contribution >= 0.6 is 27.5 Å². The molecule has 0 heterocycles. The minimum Gasteiger partial charge on any atom is -0.489 e. The second kappa shape index (κ2) is 6.87. The van der Waals surface area contributed by atoms with E-state index in [1.54, 1.807) is 6.07 Å². The summed E-state index contributed by atoms with van der Waals surface area (Å²) in [6.45, 7) is 4.30. The molecule has 1 aromatic carbocycles. The van der Waals surface area contributed by atoms with Gasteiger partial charge in [-0.05, 0) is 37.6 Å². The maximum atomic E-state index is 11.0. The lowest BCUT2D eigenvalue weighted by Crippen LogP contribution is -2.34. The maximum Gasteiger partial charge on any atom is 0.230 e. The lowest BCUT2D eigenvalue weighted by Gasteiger charge is -2.15. The van der Waals surface area contributed by atoms with Gasteiger partial charge in [-0.3, -0.25) is 4.79 Å². The fourth-order valence-electron chi connectivity index (χ4n) is 1.27. The average Bonchev–Trinajstić information content (AvgIpc) is 2.31. The van der Waals surface area contributed by atoms with Crippen molar-refractivity contribution in [3.8, 4) is 5.75 Å². The molecule has 0 fully saturated rings. The Kier molecular flexibility index (Phi) is 5.78. The van der Waals surface area contributed by atoms with E-state index < -0.39 is 0 Å². The first-order valence-electron chi connectivity index (χ1n) is 5.28. The number of nitrogens with one attached hydrogen (secondary N) is 1. The lowest BCUT2D eigenvalue weighted by molar-refractivity contribution is -0.118. The Morgan fingerprint density at radius 1 is 1.59 bits per heavy atom. The van der Waals surface area contributed by atoms with Gasteiger partial charge in [0, 0.05) is 5.02 Å². The van der Waals surface area contributed by atoms with Gasteiger partial charge in [0.05, 0.1) is 11.9 Å². The van der Waals surface area contributed by atoms with E-state index in [1.807, 2.05) is 26.0 Å². The summed E-state index contributed by atoms with van der Waals surface area (Å²) in [5, 5.41) is 3.77. The van der Waals surface area contributed by atoms with Gasteiger partial charge in [0.15, 0.2) is 0 Å². The Bertz CT molecular complexity index is 398. The highest BCUT2D eigenvalue weighted by molar-refractivity contribution is 9.09. The standard InChI is InChI=1S/C12H15BrClNO2/c1-8-5-10(3-4-11(8)14)17-9(2)7-15-12(16)6-13/h3-5,9H,6-7H2,1-2H3,(H,15,16). The van der Waals surface area contributed by atoms with Crippen LogP contribution in [-0.2, 0) is 4.79 Å². The van der Waals surface area contributed by atoms with Crippen molar-refractivity contribution in [2.75, 3.05) is 11.9 Å². The summed E-state index contributed by atoms with van der Waals surface area (Å²) in [6.07, 6.45) is -0.0847. The molecule has 1 aromatic rings. The first-order chi connectivity index (χ1) is 8.02. The summed E-state index contributed by atoms with van der Waals surface area (Å²) in [4.78, 5) is 11.0. The Labute approximate surface area is 115 Å².